The highest BCUT2D eigenvalue weighted by molar-refractivity contribution is 5.85. The molecule has 0 heterocycles. The lowest BCUT2D eigenvalue weighted by Crippen LogP contribution is -2.51. The van der Waals surface area contributed by atoms with Gasteiger partial charge < -0.3 is 15.8 Å². The summed E-state index contributed by atoms with van der Waals surface area (Å²) in [5, 5.41) is 2.87. The van der Waals surface area contributed by atoms with Crippen LogP contribution in [0.1, 0.15) is 46.0 Å². The van der Waals surface area contributed by atoms with Crippen molar-refractivity contribution in [1.82, 2.24) is 5.32 Å². The standard InChI is InChI=1S/C13H26N2O2/c1-3-7-13(2,14)12(16)15-8-4-9-17-10-11-5-6-11/h11H,3-10,14H2,1-2H3,(H,15,16). The Morgan fingerprint density at radius 1 is 1.53 bits per heavy atom. The van der Waals surface area contributed by atoms with Gasteiger partial charge in [-0.3, -0.25) is 4.79 Å². The second kappa shape index (κ2) is 6.97. The Labute approximate surface area is 104 Å². The van der Waals surface area contributed by atoms with E-state index in [4.69, 9.17) is 10.5 Å². The molecule has 0 aliphatic heterocycles. The average molecular weight is 242 g/mol. The largest absolute Gasteiger partial charge is 0.381 e. The molecule has 1 aliphatic rings. The van der Waals surface area contributed by atoms with Crippen molar-refractivity contribution in [3.05, 3.63) is 0 Å². The average Bonchev–Trinajstić information content (AvgIpc) is 3.06. The molecule has 1 rings (SSSR count). The van der Waals surface area contributed by atoms with Gasteiger partial charge >= 0.3 is 0 Å². The third-order valence-corrected chi connectivity index (χ3v) is 3.09. The van der Waals surface area contributed by atoms with Gasteiger partial charge in [-0.25, -0.2) is 0 Å². The molecule has 3 N–H and O–H groups in total. The van der Waals surface area contributed by atoms with Crippen LogP contribution in [0.4, 0.5) is 0 Å². The molecule has 0 saturated heterocycles. The Morgan fingerprint density at radius 3 is 2.82 bits per heavy atom. The monoisotopic (exact) mass is 242 g/mol. The van der Waals surface area contributed by atoms with Crippen LogP contribution in [0.15, 0.2) is 0 Å². The zero-order valence-electron chi connectivity index (χ0n) is 11.1. The fourth-order valence-corrected chi connectivity index (χ4v) is 1.75. The van der Waals surface area contributed by atoms with Gasteiger partial charge in [-0.2, -0.15) is 0 Å². The summed E-state index contributed by atoms with van der Waals surface area (Å²) >= 11 is 0. The van der Waals surface area contributed by atoms with E-state index in [1.54, 1.807) is 6.92 Å². The number of carbonyl (C=O) groups excluding carboxylic acids is 1. The third kappa shape index (κ3) is 6.03. The number of rotatable bonds is 9. The maximum atomic E-state index is 11.7. The Kier molecular flexibility index (Phi) is 5.92. The van der Waals surface area contributed by atoms with Gasteiger partial charge in [-0.1, -0.05) is 13.3 Å². The molecular weight excluding hydrogens is 216 g/mol. The minimum Gasteiger partial charge on any atom is -0.381 e. The molecule has 0 radical (unpaired) electrons. The van der Waals surface area contributed by atoms with Crippen LogP contribution in [-0.4, -0.2) is 31.2 Å². The predicted octanol–water partition coefficient (Wildman–Crippen LogP) is 1.44. The van der Waals surface area contributed by atoms with Gasteiger partial charge in [0.25, 0.3) is 0 Å². The minimum absolute atomic E-state index is 0.0541. The summed E-state index contributed by atoms with van der Waals surface area (Å²) in [6, 6.07) is 0. The molecule has 1 atom stereocenters. The minimum atomic E-state index is -0.733. The number of ether oxygens (including phenoxy) is 1. The van der Waals surface area contributed by atoms with Crippen LogP contribution in [0.2, 0.25) is 0 Å². The van der Waals surface area contributed by atoms with Crippen molar-refractivity contribution in [3.63, 3.8) is 0 Å². The number of nitrogens with two attached hydrogens (primary N) is 1. The summed E-state index contributed by atoms with van der Waals surface area (Å²) in [5.41, 5.74) is 5.18. The van der Waals surface area contributed by atoms with Crippen molar-refractivity contribution >= 4 is 5.91 Å². The molecule has 0 bridgehead atoms. The first-order valence-corrected chi connectivity index (χ1v) is 6.71. The summed E-state index contributed by atoms with van der Waals surface area (Å²) in [6.45, 7) is 6.09. The molecule has 1 amide bonds. The first-order valence-electron chi connectivity index (χ1n) is 6.71. The molecule has 4 nitrogen and oxygen atoms in total. The van der Waals surface area contributed by atoms with Gasteiger partial charge in [-0.05, 0) is 38.5 Å². The SMILES string of the molecule is CCCC(C)(N)C(=O)NCCCOCC1CC1. The number of hydrogen-bond donors (Lipinski definition) is 2. The molecule has 0 aromatic carbocycles. The zero-order chi connectivity index (χ0) is 12.7. The summed E-state index contributed by atoms with van der Waals surface area (Å²) in [4.78, 5) is 11.7. The lowest BCUT2D eigenvalue weighted by molar-refractivity contribution is -0.126. The molecule has 0 aromatic rings. The van der Waals surface area contributed by atoms with Crippen molar-refractivity contribution < 1.29 is 9.53 Å². The van der Waals surface area contributed by atoms with E-state index in [1.807, 2.05) is 6.92 Å². The Morgan fingerprint density at radius 2 is 2.24 bits per heavy atom. The predicted molar refractivity (Wildman–Crippen MR) is 68.7 cm³/mol. The van der Waals surface area contributed by atoms with Crippen molar-refractivity contribution in [2.45, 2.75) is 51.5 Å². The molecule has 1 aliphatic carbocycles. The number of hydrogen-bond acceptors (Lipinski definition) is 3. The molecule has 4 heteroatoms. The molecule has 1 unspecified atom stereocenters. The Bertz CT molecular complexity index is 238. The molecule has 17 heavy (non-hydrogen) atoms. The zero-order valence-corrected chi connectivity index (χ0v) is 11.1. The van der Waals surface area contributed by atoms with Gasteiger partial charge in [-0.15, -0.1) is 0 Å². The highest BCUT2D eigenvalue weighted by atomic mass is 16.5. The van der Waals surface area contributed by atoms with Crippen LogP contribution in [0, 0.1) is 5.92 Å². The van der Waals surface area contributed by atoms with Crippen LogP contribution in [0.25, 0.3) is 0 Å². The molecule has 0 aromatic heterocycles. The summed E-state index contributed by atoms with van der Waals surface area (Å²) < 4.78 is 5.49. The van der Waals surface area contributed by atoms with E-state index < -0.39 is 5.54 Å². The second-order valence-electron chi connectivity index (χ2n) is 5.30. The van der Waals surface area contributed by atoms with Crippen LogP contribution in [0.5, 0.6) is 0 Å². The maximum absolute atomic E-state index is 11.7. The fourth-order valence-electron chi connectivity index (χ4n) is 1.75. The summed E-state index contributed by atoms with van der Waals surface area (Å²) in [6.07, 6.45) is 5.14. The van der Waals surface area contributed by atoms with E-state index in [0.29, 0.717) is 6.54 Å². The number of nitrogens with one attached hydrogen (secondary N) is 1. The van der Waals surface area contributed by atoms with Gasteiger partial charge in [0.05, 0.1) is 5.54 Å². The van der Waals surface area contributed by atoms with Crippen molar-refractivity contribution in [3.8, 4) is 0 Å². The Balaban J connectivity index is 1.98. The van der Waals surface area contributed by atoms with Crippen LogP contribution < -0.4 is 11.1 Å². The topological polar surface area (TPSA) is 64.4 Å². The van der Waals surface area contributed by atoms with E-state index in [0.717, 1.165) is 38.4 Å². The van der Waals surface area contributed by atoms with Crippen LogP contribution >= 0.6 is 0 Å². The van der Waals surface area contributed by atoms with E-state index in [-0.39, 0.29) is 5.91 Å². The first-order chi connectivity index (χ1) is 8.06. The van der Waals surface area contributed by atoms with E-state index in [1.165, 1.54) is 12.8 Å². The fraction of sp³-hybridized carbons (Fsp3) is 0.923. The Hall–Kier alpha value is -0.610. The maximum Gasteiger partial charge on any atom is 0.239 e. The van der Waals surface area contributed by atoms with E-state index in [9.17, 15) is 4.79 Å². The second-order valence-corrected chi connectivity index (χ2v) is 5.30. The first kappa shape index (κ1) is 14.5. The van der Waals surface area contributed by atoms with Crippen molar-refractivity contribution in [1.29, 1.82) is 0 Å². The number of amides is 1. The van der Waals surface area contributed by atoms with Gasteiger partial charge in [0, 0.05) is 19.8 Å². The third-order valence-electron chi connectivity index (χ3n) is 3.09. The molecule has 1 fully saturated rings. The van der Waals surface area contributed by atoms with Gasteiger partial charge in [0.1, 0.15) is 0 Å². The summed E-state index contributed by atoms with van der Waals surface area (Å²) in [5.74, 6) is 0.753. The van der Waals surface area contributed by atoms with Gasteiger partial charge in [0.15, 0.2) is 0 Å². The van der Waals surface area contributed by atoms with Crippen LogP contribution in [0.3, 0.4) is 0 Å². The highest BCUT2D eigenvalue weighted by Gasteiger charge is 2.26. The lowest BCUT2D eigenvalue weighted by Gasteiger charge is -2.22. The molecular formula is C13H26N2O2. The molecule has 100 valence electrons. The summed E-state index contributed by atoms with van der Waals surface area (Å²) in [7, 11) is 0. The highest BCUT2D eigenvalue weighted by Crippen LogP contribution is 2.28. The smallest absolute Gasteiger partial charge is 0.239 e. The normalized spacial score (nSPS) is 18.8. The molecule has 0 spiro atoms. The van der Waals surface area contributed by atoms with Crippen molar-refractivity contribution in [2.75, 3.05) is 19.8 Å². The van der Waals surface area contributed by atoms with Gasteiger partial charge in [0.2, 0.25) is 5.91 Å². The van der Waals surface area contributed by atoms with Crippen LogP contribution in [-0.2, 0) is 9.53 Å². The number of carbonyl (C=O) groups is 1. The quantitative estimate of drug-likeness (QED) is 0.601. The van der Waals surface area contributed by atoms with E-state index >= 15 is 0 Å². The lowest BCUT2D eigenvalue weighted by atomic mass is 9.96. The van der Waals surface area contributed by atoms with Crippen molar-refractivity contribution in [2.24, 2.45) is 11.7 Å². The van der Waals surface area contributed by atoms with E-state index in [2.05, 4.69) is 5.32 Å². The molecule has 1 saturated carbocycles.